The van der Waals surface area contributed by atoms with Gasteiger partial charge in [0.25, 0.3) is 0 Å². The molecule has 3 N–H and O–H groups in total. The maximum Gasteiger partial charge on any atom is 0.240 e. The predicted molar refractivity (Wildman–Crippen MR) is 133 cm³/mol. The van der Waals surface area contributed by atoms with E-state index in [-0.39, 0.29) is 35.0 Å². The van der Waals surface area contributed by atoms with Gasteiger partial charge in [-0.2, -0.15) is 0 Å². The van der Waals surface area contributed by atoms with Crippen molar-refractivity contribution in [1.29, 1.82) is 0 Å². The Hall–Kier alpha value is -0.910. The first-order chi connectivity index (χ1) is 13.9. The van der Waals surface area contributed by atoms with E-state index in [0.717, 1.165) is 30.8 Å². The molecular formula is C21H37IN4O3S. The molecule has 2 rings (SSSR count). The Morgan fingerprint density at radius 3 is 2.60 bits per heavy atom. The summed E-state index contributed by atoms with van der Waals surface area (Å²) >= 11 is 0. The Bertz CT molecular complexity index is 735. The molecule has 0 aliphatic carbocycles. The molecule has 1 aliphatic rings. The molecule has 0 saturated carbocycles. The molecule has 0 spiro atoms. The quantitative estimate of drug-likeness (QED) is 0.170. The summed E-state index contributed by atoms with van der Waals surface area (Å²) in [6, 6.07) is 7.28. The number of hydrogen-bond donors (Lipinski definition) is 3. The minimum Gasteiger partial charge on any atom is -0.377 e. The lowest BCUT2D eigenvalue weighted by atomic mass is 10.1. The third-order valence-electron chi connectivity index (χ3n) is 5.07. The molecule has 9 heteroatoms. The van der Waals surface area contributed by atoms with E-state index in [1.54, 1.807) is 19.2 Å². The number of halogens is 1. The highest BCUT2D eigenvalue weighted by Gasteiger charge is 2.20. The first-order valence-electron chi connectivity index (χ1n) is 10.6. The highest BCUT2D eigenvalue weighted by molar-refractivity contribution is 14.0. The smallest absolute Gasteiger partial charge is 0.240 e. The molecule has 2 unspecified atom stereocenters. The Balaban J connectivity index is 0.00000450. The van der Waals surface area contributed by atoms with Crippen molar-refractivity contribution in [3.63, 3.8) is 0 Å². The second-order valence-corrected chi connectivity index (χ2v) is 9.36. The van der Waals surface area contributed by atoms with Crippen molar-refractivity contribution < 1.29 is 13.2 Å². The van der Waals surface area contributed by atoms with Crippen LogP contribution < -0.4 is 15.4 Å². The zero-order valence-corrected chi connectivity index (χ0v) is 21.5. The van der Waals surface area contributed by atoms with E-state index in [2.05, 4.69) is 34.2 Å². The Morgan fingerprint density at radius 1 is 1.27 bits per heavy atom. The highest BCUT2D eigenvalue weighted by Crippen LogP contribution is 2.14. The lowest BCUT2D eigenvalue weighted by Gasteiger charge is -2.18. The molecule has 0 aromatic heterocycles. The molecule has 7 nitrogen and oxygen atoms in total. The third kappa shape index (κ3) is 9.49. The van der Waals surface area contributed by atoms with Gasteiger partial charge in [0.1, 0.15) is 0 Å². The average Bonchev–Trinajstić information content (AvgIpc) is 3.24. The topological polar surface area (TPSA) is 91.8 Å². The maximum absolute atomic E-state index is 12.4. The van der Waals surface area contributed by atoms with Crippen LogP contribution in [-0.2, 0) is 21.3 Å². The second kappa shape index (κ2) is 14.2. The SMILES string of the molecule is CCCCCC(C)NC(=NC)NCc1ccc(S(=O)(=O)NCC2CCCO2)cc1.I. The van der Waals surface area contributed by atoms with E-state index in [1.807, 2.05) is 12.1 Å². The molecule has 2 atom stereocenters. The summed E-state index contributed by atoms with van der Waals surface area (Å²) in [6.07, 6.45) is 6.66. The normalized spacial score (nSPS) is 18.0. The number of nitrogens with zero attached hydrogens (tertiary/aromatic N) is 1. The van der Waals surface area contributed by atoms with E-state index in [9.17, 15) is 8.42 Å². The fourth-order valence-electron chi connectivity index (χ4n) is 3.26. The van der Waals surface area contributed by atoms with Crippen LogP contribution in [0, 0.1) is 0 Å². The van der Waals surface area contributed by atoms with Crippen molar-refractivity contribution in [2.75, 3.05) is 20.2 Å². The predicted octanol–water partition coefficient (Wildman–Crippen LogP) is 3.40. The summed E-state index contributed by atoms with van der Waals surface area (Å²) in [6.45, 7) is 5.97. The standard InChI is InChI=1S/C21H36N4O3S.HI/c1-4-5-6-8-17(2)25-21(22-3)23-15-18-10-12-20(13-11-18)29(26,27)24-16-19-9-7-14-28-19;/h10-13,17,19,24H,4-9,14-16H2,1-3H3,(H2,22,23,25);1H. The van der Waals surface area contributed by atoms with Crippen molar-refractivity contribution >= 4 is 40.0 Å². The summed E-state index contributed by atoms with van der Waals surface area (Å²) in [4.78, 5) is 4.54. The van der Waals surface area contributed by atoms with Gasteiger partial charge in [0.2, 0.25) is 10.0 Å². The van der Waals surface area contributed by atoms with Gasteiger partial charge in [0.05, 0.1) is 11.0 Å². The Morgan fingerprint density at radius 2 is 2.00 bits per heavy atom. The molecule has 1 saturated heterocycles. The van der Waals surface area contributed by atoms with Gasteiger partial charge in [0, 0.05) is 32.8 Å². The van der Waals surface area contributed by atoms with Crippen LogP contribution in [-0.4, -0.2) is 46.7 Å². The number of sulfonamides is 1. The van der Waals surface area contributed by atoms with E-state index >= 15 is 0 Å². The van der Waals surface area contributed by atoms with Gasteiger partial charge in [-0.1, -0.05) is 38.3 Å². The van der Waals surface area contributed by atoms with Gasteiger partial charge in [-0.15, -0.1) is 24.0 Å². The van der Waals surface area contributed by atoms with Crippen LogP contribution in [0.25, 0.3) is 0 Å². The van der Waals surface area contributed by atoms with Gasteiger partial charge in [-0.3, -0.25) is 4.99 Å². The number of ether oxygens (including phenoxy) is 1. The van der Waals surface area contributed by atoms with Crippen molar-refractivity contribution in [3.05, 3.63) is 29.8 Å². The lowest BCUT2D eigenvalue weighted by Crippen LogP contribution is -2.41. The minimum atomic E-state index is -3.51. The highest BCUT2D eigenvalue weighted by atomic mass is 127. The van der Waals surface area contributed by atoms with Crippen LogP contribution in [0.5, 0.6) is 0 Å². The molecular weight excluding hydrogens is 515 g/mol. The maximum atomic E-state index is 12.4. The zero-order chi connectivity index (χ0) is 21.1. The largest absolute Gasteiger partial charge is 0.377 e. The van der Waals surface area contributed by atoms with Crippen LogP contribution in [0.3, 0.4) is 0 Å². The number of hydrogen-bond acceptors (Lipinski definition) is 4. The van der Waals surface area contributed by atoms with Crippen molar-refractivity contribution in [2.45, 2.75) is 76.0 Å². The van der Waals surface area contributed by atoms with Crippen molar-refractivity contribution in [1.82, 2.24) is 15.4 Å². The molecule has 0 radical (unpaired) electrons. The number of nitrogens with one attached hydrogen (secondary N) is 3. The van der Waals surface area contributed by atoms with Crippen LogP contribution >= 0.6 is 24.0 Å². The number of guanidine groups is 1. The minimum absolute atomic E-state index is 0. The Labute approximate surface area is 198 Å². The fraction of sp³-hybridized carbons (Fsp3) is 0.667. The Kier molecular flexibility index (Phi) is 12.8. The third-order valence-corrected chi connectivity index (χ3v) is 6.51. The van der Waals surface area contributed by atoms with Gasteiger partial charge < -0.3 is 15.4 Å². The molecule has 1 aromatic rings. The van der Waals surface area contributed by atoms with Gasteiger partial charge in [-0.25, -0.2) is 13.1 Å². The number of unbranched alkanes of at least 4 members (excludes halogenated alkanes) is 2. The zero-order valence-electron chi connectivity index (χ0n) is 18.3. The summed E-state index contributed by atoms with van der Waals surface area (Å²) < 4.78 is 33.0. The van der Waals surface area contributed by atoms with E-state index < -0.39 is 10.0 Å². The van der Waals surface area contributed by atoms with Crippen LogP contribution in [0.2, 0.25) is 0 Å². The first kappa shape index (κ1) is 27.1. The molecule has 30 heavy (non-hydrogen) atoms. The van der Waals surface area contributed by atoms with Crippen LogP contribution in [0.15, 0.2) is 34.2 Å². The average molecular weight is 553 g/mol. The molecule has 0 amide bonds. The summed E-state index contributed by atoms with van der Waals surface area (Å²) in [7, 11) is -1.76. The van der Waals surface area contributed by atoms with E-state index in [4.69, 9.17) is 4.74 Å². The first-order valence-corrected chi connectivity index (χ1v) is 12.1. The van der Waals surface area contributed by atoms with E-state index in [0.29, 0.717) is 25.7 Å². The lowest BCUT2D eigenvalue weighted by molar-refractivity contribution is 0.114. The second-order valence-electron chi connectivity index (χ2n) is 7.60. The number of aliphatic imine (C=N–C) groups is 1. The molecule has 1 aromatic carbocycles. The molecule has 1 heterocycles. The summed E-state index contributed by atoms with van der Waals surface area (Å²) in [5.74, 6) is 0.754. The summed E-state index contributed by atoms with van der Waals surface area (Å²) in [5, 5.41) is 6.68. The molecule has 1 aliphatic heterocycles. The van der Waals surface area contributed by atoms with Gasteiger partial charge >= 0.3 is 0 Å². The van der Waals surface area contributed by atoms with Crippen LogP contribution in [0.4, 0.5) is 0 Å². The van der Waals surface area contributed by atoms with Crippen molar-refractivity contribution in [3.8, 4) is 0 Å². The van der Waals surface area contributed by atoms with Crippen molar-refractivity contribution in [2.24, 2.45) is 4.99 Å². The number of benzene rings is 1. The summed E-state index contributed by atoms with van der Waals surface area (Å²) in [5.41, 5.74) is 0.990. The van der Waals surface area contributed by atoms with E-state index in [1.165, 1.54) is 19.3 Å². The van der Waals surface area contributed by atoms with Crippen LogP contribution in [0.1, 0.15) is 57.9 Å². The fourth-order valence-corrected chi connectivity index (χ4v) is 4.33. The molecule has 172 valence electrons. The number of rotatable bonds is 11. The van der Waals surface area contributed by atoms with Gasteiger partial charge in [0.15, 0.2) is 5.96 Å². The monoisotopic (exact) mass is 552 g/mol. The van der Waals surface area contributed by atoms with Gasteiger partial charge in [-0.05, 0) is 43.9 Å². The molecule has 1 fully saturated rings. The molecule has 0 bridgehead atoms.